The lowest BCUT2D eigenvalue weighted by Gasteiger charge is -2.31. The van der Waals surface area contributed by atoms with Gasteiger partial charge in [0.15, 0.2) is 0 Å². The minimum Gasteiger partial charge on any atom is -0.488 e. The highest BCUT2D eigenvalue weighted by Gasteiger charge is 2.17. The predicted octanol–water partition coefficient (Wildman–Crippen LogP) is 4.47. The van der Waals surface area contributed by atoms with Crippen LogP contribution in [-0.2, 0) is 0 Å². The molecule has 0 aliphatic carbocycles. The SMILES string of the molecule is C=C1C(C)=CC=C(c2ccc(OCC(F)F)cc2)N1CC. The van der Waals surface area contributed by atoms with Gasteiger partial charge in [-0.2, -0.15) is 0 Å². The normalized spacial score (nSPS) is 15.1. The molecule has 112 valence electrons. The van der Waals surface area contributed by atoms with Gasteiger partial charge in [-0.15, -0.1) is 0 Å². The van der Waals surface area contributed by atoms with Gasteiger partial charge in [0.2, 0.25) is 0 Å². The molecule has 2 rings (SSSR count). The predicted molar refractivity (Wildman–Crippen MR) is 81.2 cm³/mol. The highest BCUT2D eigenvalue weighted by Crippen LogP contribution is 2.30. The van der Waals surface area contributed by atoms with E-state index in [2.05, 4.69) is 18.4 Å². The summed E-state index contributed by atoms with van der Waals surface area (Å²) < 4.78 is 29.2. The van der Waals surface area contributed by atoms with Crippen LogP contribution in [0.15, 0.2) is 54.3 Å². The maximum atomic E-state index is 12.1. The fourth-order valence-electron chi connectivity index (χ4n) is 2.24. The summed E-state index contributed by atoms with van der Waals surface area (Å²) in [5, 5.41) is 0. The lowest BCUT2D eigenvalue weighted by molar-refractivity contribution is 0.0819. The zero-order valence-electron chi connectivity index (χ0n) is 12.3. The first-order valence-corrected chi connectivity index (χ1v) is 6.89. The second-order valence-corrected chi connectivity index (χ2v) is 4.82. The van der Waals surface area contributed by atoms with Crippen molar-refractivity contribution in [2.75, 3.05) is 13.2 Å². The molecular weight excluding hydrogens is 272 g/mol. The van der Waals surface area contributed by atoms with E-state index in [0.29, 0.717) is 5.75 Å². The molecule has 1 aromatic rings. The van der Waals surface area contributed by atoms with Crippen molar-refractivity contribution in [3.05, 3.63) is 59.8 Å². The van der Waals surface area contributed by atoms with Gasteiger partial charge < -0.3 is 9.64 Å². The number of benzene rings is 1. The largest absolute Gasteiger partial charge is 0.488 e. The lowest BCUT2D eigenvalue weighted by Crippen LogP contribution is -2.23. The van der Waals surface area contributed by atoms with Crippen LogP contribution in [0.25, 0.3) is 5.70 Å². The van der Waals surface area contributed by atoms with Gasteiger partial charge in [-0.1, -0.05) is 12.7 Å². The van der Waals surface area contributed by atoms with E-state index in [-0.39, 0.29) is 0 Å². The summed E-state index contributed by atoms with van der Waals surface area (Å²) in [6.45, 7) is 8.43. The van der Waals surface area contributed by atoms with E-state index in [1.54, 1.807) is 12.1 Å². The maximum absolute atomic E-state index is 12.1. The zero-order valence-corrected chi connectivity index (χ0v) is 12.3. The molecule has 0 unspecified atom stereocenters. The van der Waals surface area contributed by atoms with Crippen LogP contribution in [0.4, 0.5) is 8.78 Å². The summed E-state index contributed by atoms with van der Waals surface area (Å²) in [5.41, 5.74) is 4.17. The number of hydrogen-bond acceptors (Lipinski definition) is 2. The molecule has 4 heteroatoms. The third-order valence-corrected chi connectivity index (χ3v) is 3.41. The summed E-state index contributed by atoms with van der Waals surface area (Å²) in [4.78, 5) is 2.13. The topological polar surface area (TPSA) is 12.5 Å². The first-order chi connectivity index (χ1) is 10.0. The number of halogens is 2. The fraction of sp³-hybridized carbons (Fsp3) is 0.294. The molecule has 0 fully saturated rings. The lowest BCUT2D eigenvalue weighted by atomic mass is 10.0. The van der Waals surface area contributed by atoms with Gasteiger partial charge in [-0.05, 0) is 55.3 Å². The Morgan fingerprint density at radius 2 is 1.86 bits per heavy atom. The maximum Gasteiger partial charge on any atom is 0.272 e. The molecule has 0 bridgehead atoms. The number of allylic oxidation sites excluding steroid dienone is 3. The Morgan fingerprint density at radius 3 is 2.43 bits per heavy atom. The monoisotopic (exact) mass is 291 g/mol. The molecule has 2 nitrogen and oxygen atoms in total. The van der Waals surface area contributed by atoms with Crippen LogP contribution < -0.4 is 4.74 Å². The Kier molecular flexibility index (Phi) is 4.78. The standard InChI is InChI=1S/C17H19F2NO/c1-4-20-13(3)12(2)5-10-16(20)14-6-8-15(9-7-14)21-11-17(18)19/h5-10,17H,3-4,11H2,1-2H3. The van der Waals surface area contributed by atoms with Crippen LogP contribution >= 0.6 is 0 Å². The van der Waals surface area contributed by atoms with Gasteiger partial charge in [-0.25, -0.2) is 8.78 Å². The second-order valence-electron chi connectivity index (χ2n) is 4.82. The Bertz CT molecular complexity index is 573. The van der Waals surface area contributed by atoms with Crippen molar-refractivity contribution in [3.63, 3.8) is 0 Å². The highest BCUT2D eigenvalue weighted by molar-refractivity contribution is 5.70. The molecule has 0 aromatic heterocycles. The summed E-state index contributed by atoms with van der Waals surface area (Å²) >= 11 is 0. The van der Waals surface area contributed by atoms with Crippen molar-refractivity contribution in [2.24, 2.45) is 0 Å². The quantitative estimate of drug-likeness (QED) is 0.793. The molecule has 0 spiro atoms. The Hall–Kier alpha value is -2.10. The first-order valence-electron chi connectivity index (χ1n) is 6.89. The average Bonchev–Trinajstić information content (AvgIpc) is 2.48. The van der Waals surface area contributed by atoms with Crippen LogP contribution in [0, 0.1) is 0 Å². The number of hydrogen-bond donors (Lipinski definition) is 0. The van der Waals surface area contributed by atoms with E-state index in [9.17, 15) is 8.78 Å². The van der Waals surface area contributed by atoms with Gasteiger partial charge >= 0.3 is 0 Å². The van der Waals surface area contributed by atoms with E-state index in [0.717, 1.165) is 29.1 Å². The second kappa shape index (κ2) is 6.57. The molecule has 1 aromatic carbocycles. The van der Waals surface area contributed by atoms with Crippen LogP contribution in [-0.4, -0.2) is 24.5 Å². The average molecular weight is 291 g/mol. The zero-order chi connectivity index (χ0) is 15.4. The molecular formula is C17H19F2NO. The van der Waals surface area contributed by atoms with E-state index in [1.807, 2.05) is 31.2 Å². The van der Waals surface area contributed by atoms with Gasteiger partial charge in [0.1, 0.15) is 12.4 Å². The molecule has 0 saturated carbocycles. The molecule has 1 aliphatic rings. The Labute approximate surface area is 124 Å². The molecule has 0 atom stereocenters. The van der Waals surface area contributed by atoms with Gasteiger partial charge in [0.25, 0.3) is 6.43 Å². The van der Waals surface area contributed by atoms with Crippen molar-refractivity contribution in [2.45, 2.75) is 20.3 Å². The summed E-state index contributed by atoms with van der Waals surface area (Å²) in [7, 11) is 0. The summed E-state index contributed by atoms with van der Waals surface area (Å²) in [5.74, 6) is 0.448. The number of likely N-dealkylation sites (N-methyl/N-ethyl adjacent to an activating group) is 1. The Balaban J connectivity index is 2.19. The number of rotatable bonds is 5. The van der Waals surface area contributed by atoms with E-state index in [4.69, 9.17) is 4.74 Å². The van der Waals surface area contributed by atoms with E-state index >= 15 is 0 Å². The van der Waals surface area contributed by atoms with Crippen molar-refractivity contribution < 1.29 is 13.5 Å². The Morgan fingerprint density at radius 1 is 1.19 bits per heavy atom. The smallest absolute Gasteiger partial charge is 0.272 e. The third-order valence-electron chi connectivity index (χ3n) is 3.41. The third kappa shape index (κ3) is 3.51. The van der Waals surface area contributed by atoms with Crippen LogP contribution in [0.3, 0.4) is 0 Å². The molecule has 0 radical (unpaired) electrons. The molecule has 1 aliphatic heterocycles. The molecule has 0 amide bonds. The van der Waals surface area contributed by atoms with Crippen LogP contribution in [0.2, 0.25) is 0 Å². The van der Waals surface area contributed by atoms with Crippen LogP contribution in [0.1, 0.15) is 19.4 Å². The summed E-state index contributed by atoms with van der Waals surface area (Å²) in [6.07, 6.45) is 1.62. The fourth-order valence-corrected chi connectivity index (χ4v) is 2.24. The van der Waals surface area contributed by atoms with Crippen molar-refractivity contribution >= 4 is 5.70 Å². The number of alkyl halides is 2. The van der Waals surface area contributed by atoms with Gasteiger partial charge in [0, 0.05) is 17.9 Å². The van der Waals surface area contributed by atoms with E-state index in [1.165, 1.54) is 0 Å². The molecule has 0 N–H and O–H groups in total. The van der Waals surface area contributed by atoms with Crippen molar-refractivity contribution in [1.29, 1.82) is 0 Å². The van der Waals surface area contributed by atoms with Crippen molar-refractivity contribution in [1.82, 2.24) is 4.90 Å². The minimum absolute atomic E-state index is 0.448. The molecule has 0 saturated heterocycles. The highest BCUT2D eigenvalue weighted by atomic mass is 19.3. The van der Waals surface area contributed by atoms with Crippen LogP contribution in [0.5, 0.6) is 5.75 Å². The number of nitrogens with zero attached hydrogens (tertiary/aromatic N) is 1. The van der Waals surface area contributed by atoms with Crippen molar-refractivity contribution in [3.8, 4) is 5.75 Å². The molecule has 21 heavy (non-hydrogen) atoms. The minimum atomic E-state index is -2.46. The molecule has 1 heterocycles. The number of ether oxygens (including phenoxy) is 1. The van der Waals surface area contributed by atoms with Gasteiger partial charge in [-0.3, -0.25) is 0 Å². The summed E-state index contributed by atoms with van der Waals surface area (Å²) in [6, 6.07) is 7.16. The van der Waals surface area contributed by atoms with Gasteiger partial charge in [0.05, 0.1) is 0 Å². The van der Waals surface area contributed by atoms with E-state index < -0.39 is 13.0 Å². The first kappa shape index (κ1) is 15.3.